The van der Waals surface area contributed by atoms with Gasteiger partial charge in [-0.25, -0.2) is 12.7 Å². The minimum atomic E-state index is -3.06. The zero-order valence-electron chi connectivity index (χ0n) is 12.3. The fourth-order valence-electron chi connectivity index (χ4n) is 3.32. The zero-order valence-corrected chi connectivity index (χ0v) is 13.1. The molecule has 0 aromatic carbocycles. The van der Waals surface area contributed by atoms with Crippen LogP contribution in [0, 0.1) is 11.8 Å². The molecule has 1 atom stereocenters. The van der Waals surface area contributed by atoms with E-state index in [1.807, 2.05) is 0 Å². The van der Waals surface area contributed by atoms with Crippen LogP contribution in [0.2, 0.25) is 0 Å². The van der Waals surface area contributed by atoms with Crippen LogP contribution in [-0.2, 0) is 10.0 Å². The molecule has 0 aromatic heterocycles. The Morgan fingerprint density at radius 2 is 1.74 bits per heavy atom. The smallest absolute Gasteiger partial charge is 0.217 e. The van der Waals surface area contributed by atoms with Gasteiger partial charge in [-0.15, -0.1) is 0 Å². The van der Waals surface area contributed by atoms with Gasteiger partial charge in [0.2, 0.25) is 10.0 Å². The molecule has 4 nitrogen and oxygen atoms in total. The van der Waals surface area contributed by atoms with Crippen LogP contribution >= 0.6 is 0 Å². The van der Waals surface area contributed by atoms with E-state index in [1.165, 1.54) is 6.42 Å². The minimum Gasteiger partial charge on any atom is -0.317 e. The molecule has 2 fully saturated rings. The van der Waals surface area contributed by atoms with Crippen molar-refractivity contribution in [2.45, 2.75) is 51.2 Å². The van der Waals surface area contributed by atoms with E-state index in [0.717, 1.165) is 51.9 Å². The molecule has 2 saturated heterocycles. The summed E-state index contributed by atoms with van der Waals surface area (Å²) in [4.78, 5) is 0. The standard InChI is InChI=1S/C14H28N2O2S/c1-12(2)13-4-3-10-16(11-7-13)19(17,18)14-5-8-15-9-6-14/h12-15H,3-11H2,1-2H3. The second-order valence-corrected chi connectivity index (χ2v) is 8.54. The van der Waals surface area contributed by atoms with Gasteiger partial charge in [0.05, 0.1) is 5.25 Å². The molecule has 0 bridgehead atoms. The molecule has 19 heavy (non-hydrogen) atoms. The predicted molar refractivity (Wildman–Crippen MR) is 78.6 cm³/mol. The molecule has 112 valence electrons. The summed E-state index contributed by atoms with van der Waals surface area (Å²) in [6.45, 7) is 7.65. The Hall–Kier alpha value is -0.130. The summed E-state index contributed by atoms with van der Waals surface area (Å²) >= 11 is 0. The Bertz CT molecular complexity index is 375. The van der Waals surface area contributed by atoms with Crippen molar-refractivity contribution in [2.75, 3.05) is 26.2 Å². The van der Waals surface area contributed by atoms with E-state index in [2.05, 4.69) is 19.2 Å². The van der Waals surface area contributed by atoms with Gasteiger partial charge >= 0.3 is 0 Å². The summed E-state index contributed by atoms with van der Waals surface area (Å²) in [6.07, 6.45) is 4.77. The van der Waals surface area contributed by atoms with Crippen LogP contribution in [0.5, 0.6) is 0 Å². The molecule has 2 aliphatic heterocycles. The van der Waals surface area contributed by atoms with Gasteiger partial charge in [0.15, 0.2) is 0 Å². The number of piperidine rings is 1. The molecular formula is C14H28N2O2S. The average Bonchev–Trinajstić information content (AvgIpc) is 2.66. The molecule has 0 aliphatic carbocycles. The van der Waals surface area contributed by atoms with E-state index in [-0.39, 0.29) is 5.25 Å². The number of rotatable bonds is 3. The number of hydrogen-bond acceptors (Lipinski definition) is 3. The lowest BCUT2D eigenvalue weighted by atomic mass is 9.89. The normalized spacial score (nSPS) is 28.5. The highest BCUT2D eigenvalue weighted by molar-refractivity contribution is 7.89. The summed E-state index contributed by atoms with van der Waals surface area (Å²) in [5.74, 6) is 1.36. The molecule has 2 rings (SSSR count). The summed E-state index contributed by atoms with van der Waals surface area (Å²) in [7, 11) is -3.06. The first-order valence-electron chi connectivity index (χ1n) is 7.71. The van der Waals surface area contributed by atoms with E-state index in [0.29, 0.717) is 11.8 Å². The third-order valence-corrected chi connectivity index (χ3v) is 7.14. The highest BCUT2D eigenvalue weighted by Crippen LogP contribution is 2.27. The van der Waals surface area contributed by atoms with Gasteiger partial charge in [-0.05, 0) is 57.0 Å². The van der Waals surface area contributed by atoms with Crippen molar-refractivity contribution in [1.82, 2.24) is 9.62 Å². The first-order valence-corrected chi connectivity index (χ1v) is 9.22. The summed E-state index contributed by atoms with van der Waals surface area (Å²) in [6, 6.07) is 0. The van der Waals surface area contributed by atoms with Crippen LogP contribution in [0.1, 0.15) is 46.0 Å². The van der Waals surface area contributed by atoms with Crippen LogP contribution in [-0.4, -0.2) is 44.2 Å². The molecule has 0 aromatic rings. The second-order valence-electron chi connectivity index (χ2n) is 6.33. The summed E-state index contributed by atoms with van der Waals surface area (Å²) in [5, 5.41) is 3.09. The van der Waals surface area contributed by atoms with Crippen LogP contribution in [0.25, 0.3) is 0 Å². The third-order valence-electron chi connectivity index (χ3n) is 4.74. The molecule has 5 heteroatoms. The van der Waals surface area contributed by atoms with Crippen LogP contribution < -0.4 is 5.32 Å². The van der Waals surface area contributed by atoms with E-state index in [4.69, 9.17) is 0 Å². The molecule has 2 heterocycles. The molecule has 0 spiro atoms. The number of nitrogens with one attached hydrogen (secondary N) is 1. The first kappa shape index (κ1) is 15.3. The largest absolute Gasteiger partial charge is 0.317 e. The van der Waals surface area contributed by atoms with E-state index in [9.17, 15) is 8.42 Å². The fraction of sp³-hybridized carbons (Fsp3) is 1.00. The van der Waals surface area contributed by atoms with Crippen molar-refractivity contribution in [3.63, 3.8) is 0 Å². The maximum Gasteiger partial charge on any atom is 0.217 e. The second kappa shape index (κ2) is 6.55. The Balaban J connectivity index is 2.00. The van der Waals surface area contributed by atoms with Crippen molar-refractivity contribution in [1.29, 1.82) is 0 Å². The van der Waals surface area contributed by atoms with Crippen molar-refractivity contribution < 1.29 is 8.42 Å². The Morgan fingerprint density at radius 1 is 1.05 bits per heavy atom. The molecule has 0 radical (unpaired) electrons. The molecule has 0 amide bonds. The third kappa shape index (κ3) is 3.70. The molecule has 1 N–H and O–H groups in total. The van der Waals surface area contributed by atoms with Gasteiger partial charge in [0.1, 0.15) is 0 Å². The fourth-order valence-corrected chi connectivity index (χ4v) is 5.32. The summed E-state index contributed by atoms with van der Waals surface area (Å²) in [5.41, 5.74) is 0. The zero-order chi connectivity index (χ0) is 13.9. The monoisotopic (exact) mass is 288 g/mol. The topological polar surface area (TPSA) is 49.4 Å². The van der Waals surface area contributed by atoms with Crippen LogP contribution in [0.3, 0.4) is 0 Å². The number of nitrogens with zero attached hydrogens (tertiary/aromatic N) is 1. The van der Waals surface area contributed by atoms with Gasteiger partial charge < -0.3 is 5.32 Å². The van der Waals surface area contributed by atoms with Gasteiger partial charge in [-0.2, -0.15) is 0 Å². The minimum absolute atomic E-state index is 0.149. The molecule has 1 unspecified atom stereocenters. The molecule has 2 aliphatic rings. The Morgan fingerprint density at radius 3 is 2.37 bits per heavy atom. The SMILES string of the molecule is CC(C)C1CCCN(S(=O)(=O)C2CCNCC2)CC1. The van der Waals surface area contributed by atoms with Crippen molar-refractivity contribution in [3.8, 4) is 0 Å². The van der Waals surface area contributed by atoms with E-state index < -0.39 is 10.0 Å². The van der Waals surface area contributed by atoms with Gasteiger partial charge in [0.25, 0.3) is 0 Å². The predicted octanol–water partition coefficient (Wildman–Crippen LogP) is 1.83. The number of hydrogen-bond donors (Lipinski definition) is 1. The van der Waals surface area contributed by atoms with Crippen molar-refractivity contribution in [2.24, 2.45) is 11.8 Å². The van der Waals surface area contributed by atoms with Gasteiger partial charge in [-0.1, -0.05) is 13.8 Å². The van der Waals surface area contributed by atoms with E-state index >= 15 is 0 Å². The number of sulfonamides is 1. The highest BCUT2D eigenvalue weighted by Gasteiger charge is 2.34. The lowest BCUT2D eigenvalue weighted by Crippen LogP contribution is -2.44. The van der Waals surface area contributed by atoms with E-state index in [1.54, 1.807) is 4.31 Å². The maximum atomic E-state index is 12.7. The van der Waals surface area contributed by atoms with Crippen LogP contribution in [0.4, 0.5) is 0 Å². The average molecular weight is 288 g/mol. The lowest BCUT2D eigenvalue weighted by molar-refractivity contribution is 0.339. The van der Waals surface area contributed by atoms with Crippen LogP contribution in [0.15, 0.2) is 0 Å². The molecule has 0 saturated carbocycles. The first-order chi connectivity index (χ1) is 9.01. The van der Waals surface area contributed by atoms with Gasteiger partial charge in [0, 0.05) is 13.1 Å². The van der Waals surface area contributed by atoms with Gasteiger partial charge in [-0.3, -0.25) is 0 Å². The highest BCUT2D eigenvalue weighted by atomic mass is 32.2. The molecular weight excluding hydrogens is 260 g/mol. The van der Waals surface area contributed by atoms with Crippen molar-refractivity contribution >= 4 is 10.0 Å². The Labute approximate surface area is 118 Å². The maximum absolute atomic E-state index is 12.7. The summed E-state index contributed by atoms with van der Waals surface area (Å²) < 4.78 is 27.1. The Kier molecular flexibility index (Phi) is 5.26. The quantitative estimate of drug-likeness (QED) is 0.862. The lowest BCUT2D eigenvalue weighted by Gasteiger charge is -2.29. The van der Waals surface area contributed by atoms with Crippen molar-refractivity contribution in [3.05, 3.63) is 0 Å².